The summed E-state index contributed by atoms with van der Waals surface area (Å²) in [6, 6.07) is 23.1. The summed E-state index contributed by atoms with van der Waals surface area (Å²) in [6.07, 6.45) is -5.12. The van der Waals surface area contributed by atoms with Crippen LogP contribution in [-0.2, 0) is 23.9 Å². The van der Waals surface area contributed by atoms with Gasteiger partial charge in [0.25, 0.3) is 5.91 Å². The number of nitrogens with one attached hydrogen (secondary N) is 1. The number of halogens is 4. The Morgan fingerprint density at radius 3 is 2.29 bits per heavy atom. The quantitative estimate of drug-likeness (QED) is 0.161. The second-order valence-corrected chi connectivity index (χ2v) is 13.1. The van der Waals surface area contributed by atoms with Crippen molar-refractivity contribution in [2.45, 2.75) is 45.1 Å². The van der Waals surface area contributed by atoms with Crippen LogP contribution in [0.4, 0.5) is 34.6 Å². The van der Waals surface area contributed by atoms with Crippen LogP contribution in [0.25, 0.3) is 0 Å². The minimum absolute atomic E-state index is 0.184. The van der Waals surface area contributed by atoms with E-state index >= 15 is 0 Å². The predicted molar refractivity (Wildman–Crippen MR) is 189 cm³/mol. The Morgan fingerprint density at radius 1 is 0.980 bits per heavy atom. The first-order valence-electron chi connectivity index (χ1n) is 16.7. The number of carbonyl (C=O) groups excluding carboxylic acids is 2. The Labute approximate surface area is 295 Å². The number of ether oxygens (including phenoxy) is 1. The molecule has 4 aromatic carbocycles. The molecule has 1 aliphatic heterocycles. The van der Waals surface area contributed by atoms with E-state index in [1.807, 2.05) is 56.3 Å². The fourth-order valence-corrected chi connectivity index (χ4v) is 6.09. The van der Waals surface area contributed by atoms with Crippen molar-refractivity contribution < 1.29 is 37.0 Å². The normalized spacial score (nSPS) is 16.9. The van der Waals surface area contributed by atoms with Crippen LogP contribution in [0.15, 0.2) is 91.0 Å². The molecule has 0 radical (unpaired) electrons. The largest absolute Gasteiger partial charge is 0.486 e. The molecule has 8 nitrogen and oxygen atoms in total. The molecule has 51 heavy (non-hydrogen) atoms. The van der Waals surface area contributed by atoms with Gasteiger partial charge >= 0.3 is 6.18 Å². The van der Waals surface area contributed by atoms with E-state index in [2.05, 4.69) is 10.2 Å². The Bertz CT molecular complexity index is 1820. The van der Waals surface area contributed by atoms with Crippen molar-refractivity contribution in [1.29, 1.82) is 0 Å². The third kappa shape index (κ3) is 9.25. The van der Waals surface area contributed by atoms with E-state index in [1.165, 1.54) is 24.3 Å². The van der Waals surface area contributed by atoms with Gasteiger partial charge in [0.15, 0.2) is 5.75 Å². The van der Waals surface area contributed by atoms with Crippen LogP contribution in [-0.4, -0.2) is 72.7 Å². The van der Waals surface area contributed by atoms with Gasteiger partial charge in [-0.3, -0.25) is 14.5 Å². The molecule has 0 aromatic heterocycles. The maximum Gasteiger partial charge on any atom is 0.416 e. The van der Waals surface area contributed by atoms with Gasteiger partial charge in [0.2, 0.25) is 5.91 Å². The van der Waals surface area contributed by atoms with Crippen molar-refractivity contribution in [2.75, 3.05) is 44.0 Å². The minimum Gasteiger partial charge on any atom is -0.486 e. The predicted octanol–water partition coefficient (Wildman–Crippen LogP) is 7.15. The maximum absolute atomic E-state index is 13.8. The van der Waals surface area contributed by atoms with Gasteiger partial charge in [-0.2, -0.15) is 13.2 Å². The van der Waals surface area contributed by atoms with Crippen molar-refractivity contribution in [3.05, 3.63) is 119 Å². The minimum atomic E-state index is -4.48. The monoisotopic (exact) mass is 706 g/mol. The number of anilines is 3. The lowest BCUT2D eigenvalue weighted by Gasteiger charge is -2.38. The van der Waals surface area contributed by atoms with Crippen LogP contribution in [0.2, 0.25) is 0 Å². The lowest BCUT2D eigenvalue weighted by Crippen LogP contribution is -2.49. The average Bonchev–Trinajstić information content (AvgIpc) is 3.09. The third-order valence-corrected chi connectivity index (χ3v) is 9.07. The maximum atomic E-state index is 13.8. The van der Waals surface area contributed by atoms with Gasteiger partial charge in [0.1, 0.15) is 11.9 Å². The first-order valence-corrected chi connectivity index (χ1v) is 16.7. The van der Waals surface area contributed by atoms with Crippen molar-refractivity contribution >= 4 is 28.9 Å². The van der Waals surface area contributed by atoms with Crippen LogP contribution in [0.3, 0.4) is 0 Å². The summed E-state index contributed by atoms with van der Waals surface area (Å²) >= 11 is 0. The summed E-state index contributed by atoms with van der Waals surface area (Å²) < 4.78 is 59.5. The van der Waals surface area contributed by atoms with Crippen molar-refractivity contribution in [2.24, 2.45) is 5.92 Å². The molecule has 0 bridgehead atoms. The first kappa shape index (κ1) is 37.3. The second-order valence-electron chi connectivity index (χ2n) is 13.1. The number of benzene rings is 4. The number of aliphatic hydroxyl groups excluding tert-OH is 1. The molecular formula is C39H42F4N4O4. The van der Waals surface area contributed by atoms with Crippen LogP contribution < -0.4 is 15.0 Å². The molecule has 2 amide bonds. The molecule has 0 saturated carbocycles. The fraction of sp³-hybridized carbons (Fsp3) is 0.333. The van der Waals surface area contributed by atoms with Crippen LogP contribution in [0.1, 0.15) is 40.9 Å². The summed E-state index contributed by atoms with van der Waals surface area (Å²) in [4.78, 5) is 32.6. The Kier molecular flexibility index (Phi) is 11.7. The number of fused-ring (bicyclic) bond motifs is 1. The molecule has 0 fully saturated rings. The van der Waals surface area contributed by atoms with Crippen LogP contribution in [0, 0.1) is 11.7 Å². The van der Waals surface area contributed by atoms with Gasteiger partial charge in [-0.1, -0.05) is 43.3 Å². The number of aliphatic hydroxyl groups is 1. The molecule has 1 aliphatic rings. The summed E-state index contributed by atoms with van der Waals surface area (Å²) in [5, 5.41) is 12.8. The zero-order valence-electron chi connectivity index (χ0n) is 29.0. The summed E-state index contributed by atoms with van der Waals surface area (Å²) in [7, 11) is 3.83. The number of carbonyl (C=O) groups is 2. The van der Waals surface area contributed by atoms with E-state index < -0.39 is 29.8 Å². The lowest BCUT2D eigenvalue weighted by molar-refractivity contribution is -0.137. The Hall–Kier alpha value is -4.94. The molecule has 0 saturated heterocycles. The van der Waals surface area contributed by atoms with Gasteiger partial charge in [-0.05, 0) is 79.7 Å². The molecule has 4 aromatic rings. The molecule has 3 atom stereocenters. The number of likely N-dealkylation sites (N-methyl/N-ethyl adjacent to an activating group) is 1. The molecule has 0 spiro atoms. The number of alkyl halides is 3. The molecule has 0 aliphatic carbocycles. The van der Waals surface area contributed by atoms with Gasteiger partial charge < -0.3 is 25.0 Å². The number of nitrogens with zero attached hydrogens (tertiary/aromatic N) is 3. The molecule has 1 heterocycles. The second kappa shape index (κ2) is 15.9. The number of amides is 2. The summed E-state index contributed by atoms with van der Waals surface area (Å²) in [6.45, 7) is 4.84. The van der Waals surface area contributed by atoms with Crippen molar-refractivity contribution in [1.82, 2.24) is 9.80 Å². The standard InChI is InChI=1S/C39H42F4N4O4/c1-25-21-47(26(2)24-48)38(50)33-9-6-10-34(44-36(49)19-27-11-15-29(16-12-27)39(41,42)43)37(33)51-35(25)23-45(3)22-28-13-17-31(18-14-28)46(4)32-8-5-7-30(40)20-32/h5-18,20,25-26,35,48H,19,21-24H2,1-4H3,(H,44,49)/t25-,26+,35-/m1/s1. The molecule has 12 heteroatoms. The fourth-order valence-electron chi connectivity index (χ4n) is 6.09. The van der Waals surface area contributed by atoms with E-state index in [0.29, 0.717) is 25.2 Å². The van der Waals surface area contributed by atoms with Crippen molar-refractivity contribution in [3.8, 4) is 5.75 Å². The van der Waals surface area contributed by atoms with Crippen LogP contribution >= 0.6 is 0 Å². The SMILES string of the molecule is C[C@@H]1CN([C@@H](C)CO)C(=O)c2cccc(NC(=O)Cc3ccc(C(F)(F)F)cc3)c2O[C@@H]1CN(C)Cc1ccc(N(C)c2cccc(F)c2)cc1. The highest BCUT2D eigenvalue weighted by molar-refractivity contribution is 6.02. The van der Waals surface area contributed by atoms with Gasteiger partial charge in [-0.15, -0.1) is 0 Å². The smallest absolute Gasteiger partial charge is 0.416 e. The van der Waals surface area contributed by atoms with E-state index in [1.54, 1.807) is 36.1 Å². The molecule has 2 N–H and O–H groups in total. The Balaban J connectivity index is 1.34. The van der Waals surface area contributed by atoms with E-state index in [0.717, 1.165) is 29.1 Å². The summed E-state index contributed by atoms with van der Waals surface area (Å²) in [5.74, 6) is -1.15. The van der Waals surface area contributed by atoms with E-state index in [-0.39, 0.29) is 47.7 Å². The van der Waals surface area contributed by atoms with Gasteiger partial charge in [-0.25, -0.2) is 4.39 Å². The van der Waals surface area contributed by atoms with E-state index in [9.17, 15) is 32.3 Å². The third-order valence-electron chi connectivity index (χ3n) is 9.07. The van der Waals surface area contributed by atoms with Crippen molar-refractivity contribution in [3.63, 3.8) is 0 Å². The number of hydrogen-bond acceptors (Lipinski definition) is 6. The topological polar surface area (TPSA) is 85.3 Å². The van der Waals surface area contributed by atoms with Crippen LogP contribution in [0.5, 0.6) is 5.75 Å². The molecular weight excluding hydrogens is 664 g/mol. The zero-order valence-corrected chi connectivity index (χ0v) is 29.0. The van der Waals surface area contributed by atoms with Gasteiger partial charge in [0, 0.05) is 44.0 Å². The zero-order chi connectivity index (χ0) is 36.9. The molecule has 0 unspecified atom stereocenters. The highest BCUT2D eigenvalue weighted by Gasteiger charge is 2.35. The summed E-state index contributed by atoms with van der Waals surface area (Å²) in [5.41, 5.74) is 2.73. The first-order chi connectivity index (χ1) is 24.2. The molecule has 270 valence electrons. The van der Waals surface area contributed by atoms with E-state index in [4.69, 9.17) is 4.74 Å². The highest BCUT2D eigenvalue weighted by Crippen LogP contribution is 2.35. The number of para-hydroxylation sites is 1. The molecule has 5 rings (SSSR count). The van der Waals surface area contributed by atoms with Gasteiger partial charge in [0.05, 0.1) is 35.9 Å². The lowest BCUT2D eigenvalue weighted by atomic mass is 9.98. The number of rotatable bonds is 11. The highest BCUT2D eigenvalue weighted by atomic mass is 19.4. The average molecular weight is 707 g/mol. The number of hydrogen-bond donors (Lipinski definition) is 2. The Morgan fingerprint density at radius 2 is 1.65 bits per heavy atom.